The first-order chi connectivity index (χ1) is 8.11. The zero-order valence-electron chi connectivity index (χ0n) is 9.54. The van der Waals surface area contributed by atoms with Gasteiger partial charge in [0.15, 0.2) is 0 Å². The van der Waals surface area contributed by atoms with Gasteiger partial charge in [-0.15, -0.1) is 0 Å². The number of aryl methyl sites for hydroxylation is 1. The largest absolute Gasteiger partial charge is 0.383 e. The third-order valence-corrected chi connectivity index (χ3v) is 4.48. The van der Waals surface area contributed by atoms with E-state index in [9.17, 15) is 14.8 Å². The highest BCUT2D eigenvalue weighted by atomic mass is 19.1. The Morgan fingerprint density at radius 2 is 2.06 bits per heavy atom. The van der Waals surface area contributed by atoms with E-state index in [4.69, 9.17) is 0 Å². The zero-order valence-corrected chi connectivity index (χ0v) is 9.54. The molecule has 0 aromatic heterocycles. The van der Waals surface area contributed by atoms with Crippen LogP contribution in [0.25, 0.3) is 0 Å². The van der Waals surface area contributed by atoms with Crippen molar-refractivity contribution in [2.45, 2.75) is 37.7 Å². The molecule has 1 fully saturated rings. The Hall–Kier alpha value is -1.40. The summed E-state index contributed by atoms with van der Waals surface area (Å²) in [4.78, 5) is 0. The lowest BCUT2D eigenvalue weighted by molar-refractivity contribution is -0.0989. The Bertz CT molecular complexity index is 515. The summed E-state index contributed by atoms with van der Waals surface area (Å²) in [5.74, 6) is -0.271. The summed E-state index contributed by atoms with van der Waals surface area (Å²) in [6.07, 6.45) is 3.69. The third-order valence-electron chi connectivity index (χ3n) is 4.48. The SMILES string of the molecule is N#CC1(C2(O)CCc3cc(F)ccc32)CCC1. The molecule has 0 saturated heterocycles. The van der Waals surface area contributed by atoms with Gasteiger partial charge in [0.2, 0.25) is 0 Å². The molecule has 2 aliphatic rings. The van der Waals surface area contributed by atoms with E-state index in [2.05, 4.69) is 6.07 Å². The molecule has 0 radical (unpaired) electrons. The van der Waals surface area contributed by atoms with Crippen molar-refractivity contribution >= 4 is 0 Å². The molecule has 88 valence electrons. The van der Waals surface area contributed by atoms with Gasteiger partial charge in [-0.25, -0.2) is 4.39 Å². The standard InChI is InChI=1S/C14H14FNO/c15-11-2-3-12-10(8-11)4-7-14(12,17)13(9-16)5-1-6-13/h2-3,8,17H,1,4-7H2. The van der Waals surface area contributed by atoms with Crippen LogP contribution in [0.5, 0.6) is 0 Å². The first-order valence-electron chi connectivity index (χ1n) is 6.04. The van der Waals surface area contributed by atoms with Crippen LogP contribution in [0.2, 0.25) is 0 Å². The van der Waals surface area contributed by atoms with Gasteiger partial charge in [-0.3, -0.25) is 0 Å². The Morgan fingerprint density at radius 1 is 1.29 bits per heavy atom. The van der Waals surface area contributed by atoms with E-state index < -0.39 is 11.0 Å². The molecule has 0 bridgehead atoms. The van der Waals surface area contributed by atoms with Gasteiger partial charge in [0, 0.05) is 0 Å². The van der Waals surface area contributed by atoms with Crippen molar-refractivity contribution < 1.29 is 9.50 Å². The molecule has 1 saturated carbocycles. The topological polar surface area (TPSA) is 44.0 Å². The molecule has 1 aromatic rings. The lowest BCUT2D eigenvalue weighted by Gasteiger charge is -2.47. The highest BCUT2D eigenvalue weighted by Gasteiger charge is 2.57. The Labute approximate surface area is 99.7 Å². The van der Waals surface area contributed by atoms with E-state index in [1.165, 1.54) is 12.1 Å². The zero-order chi connectivity index (χ0) is 12.1. The maximum atomic E-state index is 13.1. The normalized spacial score (nSPS) is 29.2. The van der Waals surface area contributed by atoms with E-state index in [1.807, 2.05) is 0 Å². The molecule has 1 atom stereocenters. The van der Waals surface area contributed by atoms with Gasteiger partial charge in [-0.2, -0.15) is 5.26 Å². The Kier molecular flexibility index (Phi) is 2.08. The van der Waals surface area contributed by atoms with Gasteiger partial charge >= 0.3 is 0 Å². The predicted molar refractivity (Wildman–Crippen MR) is 60.5 cm³/mol. The van der Waals surface area contributed by atoms with E-state index in [0.29, 0.717) is 12.8 Å². The maximum Gasteiger partial charge on any atom is 0.123 e. The van der Waals surface area contributed by atoms with Crippen molar-refractivity contribution in [2.24, 2.45) is 5.41 Å². The number of nitriles is 1. The quantitative estimate of drug-likeness (QED) is 0.807. The van der Waals surface area contributed by atoms with Crippen molar-refractivity contribution in [3.8, 4) is 6.07 Å². The van der Waals surface area contributed by atoms with Crippen molar-refractivity contribution in [1.29, 1.82) is 5.26 Å². The summed E-state index contributed by atoms with van der Waals surface area (Å²) in [7, 11) is 0. The monoisotopic (exact) mass is 231 g/mol. The second-order valence-corrected chi connectivity index (χ2v) is 5.21. The summed E-state index contributed by atoms with van der Waals surface area (Å²) in [6, 6.07) is 6.81. The second kappa shape index (κ2) is 3.30. The predicted octanol–water partition coefficient (Wildman–Crippen LogP) is 2.65. The van der Waals surface area contributed by atoms with E-state index >= 15 is 0 Å². The number of hydrogen-bond acceptors (Lipinski definition) is 2. The number of aliphatic hydroxyl groups is 1. The van der Waals surface area contributed by atoms with Crippen LogP contribution >= 0.6 is 0 Å². The van der Waals surface area contributed by atoms with Crippen molar-refractivity contribution in [3.63, 3.8) is 0 Å². The number of nitrogens with zero attached hydrogens (tertiary/aromatic N) is 1. The number of rotatable bonds is 1. The smallest absolute Gasteiger partial charge is 0.123 e. The number of hydrogen-bond donors (Lipinski definition) is 1. The Morgan fingerprint density at radius 3 is 2.65 bits per heavy atom. The number of benzene rings is 1. The van der Waals surface area contributed by atoms with E-state index in [0.717, 1.165) is 30.4 Å². The highest BCUT2D eigenvalue weighted by molar-refractivity contribution is 5.42. The van der Waals surface area contributed by atoms with E-state index in [1.54, 1.807) is 6.07 Å². The molecule has 0 spiro atoms. The summed E-state index contributed by atoms with van der Waals surface area (Å²) in [6.45, 7) is 0. The first-order valence-corrected chi connectivity index (χ1v) is 6.04. The van der Waals surface area contributed by atoms with Crippen LogP contribution in [0.1, 0.15) is 36.8 Å². The van der Waals surface area contributed by atoms with Crippen LogP contribution in [0.15, 0.2) is 18.2 Å². The molecule has 17 heavy (non-hydrogen) atoms. The van der Waals surface area contributed by atoms with Gasteiger partial charge in [0.1, 0.15) is 11.4 Å². The van der Waals surface area contributed by atoms with Crippen LogP contribution in [0.3, 0.4) is 0 Å². The molecule has 1 N–H and O–H groups in total. The fourth-order valence-electron chi connectivity index (χ4n) is 3.27. The molecule has 2 aliphatic carbocycles. The second-order valence-electron chi connectivity index (χ2n) is 5.21. The van der Waals surface area contributed by atoms with Crippen molar-refractivity contribution in [2.75, 3.05) is 0 Å². The van der Waals surface area contributed by atoms with Crippen LogP contribution in [-0.4, -0.2) is 5.11 Å². The highest BCUT2D eigenvalue weighted by Crippen LogP contribution is 2.58. The van der Waals surface area contributed by atoms with Crippen molar-refractivity contribution in [3.05, 3.63) is 35.1 Å². The lowest BCUT2D eigenvalue weighted by Crippen LogP contribution is -2.48. The molecule has 0 heterocycles. The fraction of sp³-hybridized carbons (Fsp3) is 0.500. The molecular formula is C14H14FNO. The molecule has 1 unspecified atom stereocenters. The molecular weight excluding hydrogens is 217 g/mol. The summed E-state index contributed by atoms with van der Waals surface area (Å²) in [5, 5.41) is 20.2. The summed E-state index contributed by atoms with van der Waals surface area (Å²) >= 11 is 0. The van der Waals surface area contributed by atoms with Crippen LogP contribution in [0, 0.1) is 22.6 Å². The van der Waals surface area contributed by atoms with Gasteiger partial charge in [0.05, 0.1) is 11.5 Å². The first kappa shape index (κ1) is 10.7. The minimum absolute atomic E-state index is 0.271. The molecule has 3 heteroatoms. The van der Waals surface area contributed by atoms with E-state index in [-0.39, 0.29) is 5.82 Å². The minimum Gasteiger partial charge on any atom is -0.383 e. The maximum absolute atomic E-state index is 13.1. The average Bonchev–Trinajstić information content (AvgIpc) is 2.56. The average molecular weight is 231 g/mol. The summed E-state index contributed by atoms with van der Waals surface area (Å²) < 4.78 is 13.1. The van der Waals surface area contributed by atoms with Gasteiger partial charge < -0.3 is 5.11 Å². The number of halogens is 1. The lowest BCUT2D eigenvalue weighted by atomic mass is 9.58. The summed E-state index contributed by atoms with van der Waals surface area (Å²) in [5.41, 5.74) is -0.0896. The Balaban J connectivity index is 2.11. The number of fused-ring (bicyclic) bond motifs is 1. The fourth-order valence-corrected chi connectivity index (χ4v) is 3.27. The van der Waals surface area contributed by atoms with Gasteiger partial charge in [-0.1, -0.05) is 12.5 Å². The van der Waals surface area contributed by atoms with Crippen LogP contribution < -0.4 is 0 Å². The van der Waals surface area contributed by atoms with Gasteiger partial charge in [0.25, 0.3) is 0 Å². The molecule has 0 amide bonds. The third kappa shape index (κ3) is 1.22. The minimum atomic E-state index is -1.07. The molecule has 2 nitrogen and oxygen atoms in total. The van der Waals surface area contributed by atoms with Crippen molar-refractivity contribution in [1.82, 2.24) is 0 Å². The molecule has 0 aliphatic heterocycles. The van der Waals surface area contributed by atoms with Crippen LogP contribution in [-0.2, 0) is 12.0 Å². The molecule has 1 aromatic carbocycles. The van der Waals surface area contributed by atoms with Gasteiger partial charge in [-0.05, 0) is 48.9 Å². The van der Waals surface area contributed by atoms with Crippen LogP contribution in [0.4, 0.5) is 4.39 Å². The molecule has 3 rings (SSSR count).